The summed E-state index contributed by atoms with van der Waals surface area (Å²) in [5.74, 6) is 0.880. The van der Waals surface area contributed by atoms with Crippen molar-refractivity contribution in [2.75, 3.05) is 13.2 Å². The van der Waals surface area contributed by atoms with E-state index in [1.165, 1.54) is 6.40 Å². The first kappa shape index (κ1) is 9.58. The van der Waals surface area contributed by atoms with E-state index in [1.54, 1.807) is 6.20 Å². The predicted molar refractivity (Wildman–Crippen MR) is 58.6 cm³/mol. The predicted octanol–water partition coefficient (Wildman–Crippen LogP) is 1.60. The van der Waals surface area contributed by atoms with Crippen LogP contribution in [0.4, 0.5) is 0 Å². The van der Waals surface area contributed by atoms with Crippen LogP contribution in [-0.4, -0.2) is 19.6 Å². The molecule has 4 heteroatoms. The highest BCUT2D eigenvalue weighted by atomic mass is 16.6. The zero-order valence-corrected chi connectivity index (χ0v) is 8.22. The monoisotopic (exact) mass is 204 g/mol. The van der Waals surface area contributed by atoms with Crippen LogP contribution in [0.1, 0.15) is 5.56 Å². The molecule has 3 rings (SSSR count). The fourth-order valence-electron chi connectivity index (χ4n) is 1.20. The molecule has 0 aliphatic carbocycles. The summed E-state index contributed by atoms with van der Waals surface area (Å²) in [7, 11) is 0. The average molecular weight is 204 g/mol. The fraction of sp³-hybridized carbons (Fsp3) is 0.182. The van der Waals surface area contributed by atoms with Crippen LogP contribution in [0.5, 0.6) is 5.75 Å². The first-order valence-electron chi connectivity index (χ1n) is 4.75. The summed E-state index contributed by atoms with van der Waals surface area (Å²) in [6.07, 6.45) is 5.22. The minimum Gasteiger partial charge on any atom is -0.482 e. The van der Waals surface area contributed by atoms with Gasteiger partial charge in [0.15, 0.2) is 12.2 Å². The molecule has 0 saturated heterocycles. The molecule has 1 aromatic rings. The highest BCUT2D eigenvalue weighted by Gasteiger charge is 2.01. The zero-order valence-electron chi connectivity index (χ0n) is 8.22. The SMILES string of the molecule is C1=Cc2ccccc2ON1.C1=NCCO1. The number of ether oxygens (including phenoxy) is 1. The Morgan fingerprint density at radius 1 is 1.27 bits per heavy atom. The quantitative estimate of drug-likeness (QED) is 0.698. The van der Waals surface area contributed by atoms with Crippen molar-refractivity contribution < 1.29 is 9.57 Å². The number of para-hydroxylation sites is 1. The Labute approximate surface area is 88.2 Å². The van der Waals surface area contributed by atoms with Gasteiger partial charge >= 0.3 is 0 Å². The third kappa shape index (κ3) is 2.74. The fourth-order valence-corrected chi connectivity index (χ4v) is 1.20. The van der Waals surface area contributed by atoms with Gasteiger partial charge in [-0.25, -0.2) is 5.48 Å². The van der Waals surface area contributed by atoms with Crippen molar-refractivity contribution in [1.82, 2.24) is 5.48 Å². The van der Waals surface area contributed by atoms with Crippen LogP contribution >= 0.6 is 0 Å². The number of benzene rings is 1. The van der Waals surface area contributed by atoms with Crippen molar-refractivity contribution >= 4 is 12.5 Å². The lowest BCUT2D eigenvalue weighted by atomic mass is 10.2. The summed E-state index contributed by atoms with van der Waals surface area (Å²) in [6.45, 7) is 1.62. The molecule has 0 atom stereocenters. The van der Waals surface area contributed by atoms with Crippen molar-refractivity contribution in [3.8, 4) is 5.75 Å². The lowest BCUT2D eigenvalue weighted by Gasteiger charge is -2.11. The van der Waals surface area contributed by atoms with Gasteiger partial charge in [0.1, 0.15) is 6.61 Å². The van der Waals surface area contributed by atoms with E-state index in [1.807, 2.05) is 30.3 Å². The molecule has 0 saturated carbocycles. The first-order chi connectivity index (χ1) is 7.47. The second-order valence-corrected chi connectivity index (χ2v) is 2.97. The summed E-state index contributed by atoms with van der Waals surface area (Å²) in [4.78, 5) is 8.82. The molecule has 0 bridgehead atoms. The van der Waals surface area contributed by atoms with Gasteiger partial charge in [0.05, 0.1) is 6.54 Å². The van der Waals surface area contributed by atoms with E-state index in [2.05, 4.69) is 15.2 Å². The van der Waals surface area contributed by atoms with E-state index in [-0.39, 0.29) is 0 Å². The first-order valence-corrected chi connectivity index (χ1v) is 4.75. The summed E-state index contributed by atoms with van der Waals surface area (Å²) in [5, 5.41) is 0. The Bertz CT molecular complexity index is 369. The van der Waals surface area contributed by atoms with Crippen LogP contribution in [-0.2, 0) is 4.74 Å². The molecule has 1 N–H and O–H groups in total. The Morgan fingerprint density at radius 3 is 2.87 bits per heavy atom. The molecule has 2 aliphatic heterocycles. The van der Waals surface area contributed by atoms with Crippen LogP contribution in [0.25, 0.3) is 6.08 Å². The van der Waals surface area contributed by atoms with Gasteiger partial charge in [-0.1, -0.05) is 18.2 Å². The van der Waals surface area contributed by atoms with Gasteiger partial charge < -0.3 is 9.57 Å². The van der Waals surface area contributed by atoms with Crippen LogP contribution in [0.2, 0.25) is 0 Å². The molecule has 78 valence electrons. The lowest BCUT2D eigenvalue weighted by molar-refractivity contribution is 0.239. The van der Waals surface area contributed by atoms with Gasteiger partial charge in [0.2, 0.25) is 0 Å². The van der Waals surface area contributed by atoms with Crippen molar-refractivity contribution in [2.45, 2.75) is 0 Å². The van der Waals surface area contributed by atoms with Crippen LogP contribution in [0.3, 0.4) is 0 Å². The van der Waals surface area contributed by atoms with Crippen molar-refractivity contribution in [3.63, 3.8) is 0 Å². The summed E-state index contributed by atoms with van der Waals surface area (Å²) >= 11 is 0. The molecule has 15 heavy (non-hydrogen) atoms. The smallest absolute Gasteiger partial charge is 0.169 e. The summed E-state index contributed by atoms with van der Waals surface area (Å²) in [6, 6.07) is 7.86. The molecule has 2 aliphatic rings. The van der Waals surface area contributed by atoms with Crippen LogP contribution in [0.15, 0.2) is 35.5 Å². The van der Waals surface area contributed by atoms with Gasteiger partial charge in [-0.15, -0.1) is 0 Å². The maximum absolute atomic E-state index is 5.09. The molecule has 0 aromatic heterocycles. The van der Waals surface area contributed by atoms with E-state index in [4.69, 9.17) is 4.84 Å². The Kier molecular flexibility index (Phi) is 3.22. The third-order valence-electron chi connectivity index (χ3n) is 1.91. The number of nitrogens with zero attached hydrogens (tertiary/aromatic N) is 1. The van der Waals surface area contributed by atoms with Crippen molar-refractivity contribution in [1.29, 1.82) is 0 Å². The standard InChI is InChI=1S/C8H7NO.C3H5NO/c1-2-4-8-7(3-1)5-6-9-10-8;1-2-5-3-4-1/h1-6,9H;3H,1-2H2. The van der Waals surface area contributed by atoms with Gasteiger partial charge in [0, 0.05) is 11.8 Å². The number of hydroxylamine groups is 1. The van der Waals surface area contributed by atoms with Crippen LogP contribution < -0.4 is 10.3 Å². The number of fused-ring (bicyclic) bond motifs is 1. The number of nitrogens with one attached hydrogen (secondary N) is 1. The van der Waals surface area contributed by atoms with Crippen molar-refractivity contribution in [3.05, 3.63) is 36.0 Å². The minimum atomic E-state index is 0.778. The van der Waals surface area contributed by atoms with E-state index >= 15 is 0 Å². The molecule has 0 radical (unpaired) electrons. The molecule has 4 nitrogen and oxygen atoms in total. The number of aliphatic imine (C=N–C) groups is 1. The molecular formula is C11H12N2O2. The van der Waals surface area contributed by atoms with Gasteiger partial charge in [-0.3, -0.25) is 4.99 Å². The topological polar surface area (TPSA) is 42.8 Å². The average Bonchev–Trinajstić information content (AvgIpc) is 2.88. The van der Waals surface area contributed by atoms with E-state index < -0.39 is 0 Å². The summed E-state index contributed by atoms with van der Waals surface area (Å²) in [5.41, 5.74) is 3.77. The van der Waals surface area contributed by atoms with E-state index in [0.29, 0.717) is 0 Å². The van der Waals surface area contributed by atoms with Crippen LogP contribution in [0, 0.1) is 0 Å². The van der Waals surface area contributed by atoms with Crippen molar-refractivity contribution in [2.24, 2.45) is 4.99 Å². The molecule has 1 aromatic carbocycles. The highest BCUT2D eigenvalue weighted by Crippen LogP contribution is 2.20. The summed E-state index contributed by atoms with van der Waals surface area (Å²) < 4.78 is 4.65. The normalized spacial score (nSPS) is 15.2. The second kappa shape index (κ2) is 5.05. The van der Waals surface area contributed by atoms with E-state index in [9.17, 15) is 0 Å². The molecular weight excluding hydrogens is 192 g/mol. The van der Waals surface area contributed by atoms with Gasteiger partial charge in [-0.05, 0) is 12.1 Å². The Morgan fingerprint density at radius 2 is 2.20 bits per heavy atom. The molecule has 0 fully saturated rings. The largest absolute Gasteiger partial charge is 0.482 e. The van der Waals surface area contributed by atoms with Gasteiger partial charge in [-0.2, -0.15) is 0 Å². The van der Waals surface area contributed by atoms with Gasteiger partial charge in [0.25, 0.3) is 0 Å². The molecule has 2 heterocycles. The second-order valence-electron chi connectivity index (χ2n) is 2.97. The zero-order chi connectivity index (χ0) is 10.3. The Hall–Kier alpha value is -1.97. The number of hydrogen-bond donors (Lipinski definition) is 1. The maximum Gasteiger partial charge on any atom is 0.169 e. The molecule has 0 amide bonds. The highest BCUT2D eigenvalue weighted by molar-refractivity contribution is 5.57. The number of hydrogen-bond acceptors (Lipinski definition) is 4. The Balaban J connectivity index is 0.000000144. The minimum absolute atomic E-state index is 0.778. The number of rotatable bonds is 0. The lowest BCUT2D eigenvalue weighted by Crippen LogP contribution is -2.13. The molecule has 0 unspecified atom stereocenters. The third-order valence-corrected chi connectivity index (χ3v) is 1.91. The maximum atomic E-state index is 5.09. The van der Waals surface area contributed by atoms with E-state index in [0.717, 1.165) is 24.5 Å². The molecule has 0 spiro atoms.